The number of rotatable bonds is 2. The fourth-order valence-electron chi connectivity index (χ4n) is 2.91. The fraction of sp³-hybridized carbons (Fsp3) is 0.176. The zero-order valence-electron chi connectivity index (χ0n) is 11.9. The minimum absolute atomic E-state index is 0.138. The van der Waals surface area contributed by atoms with Gasteiger partial charge in [-0.3, -0.25) is 9.59 Å². The molecule has 1 amide bonds. The van der Waals surface area contributed by atoms with Crippen molar-refractivity contribution in [3.05, 3.63) is 81.3 Å². The SMILES string of the molecule is C=CC(=O)N1Cc2cc(Cl)ccc2[C@H](c2ccc[nH]c2=O)C1. The van der Waals surface area contributed by atoms with Crippen LogP contribution in [0, 0.1) is 0 Å². The summed E-state index contributed by atoms with van der Waals surface area (Å²) in [4.78, 5) is 28.5. The summed E-state index contributed by atoms with van der Waals surface area (Å²) in [6.45, 7) is 4.46. The predicted molar refractivity (Wildman–Crippen MR) is 86.0 cm³/mol. The summed E-state index contributed by atoms with van der Waals surface area (Å²) in [7, 11) is 0. The number of carbonyl (C=O) groups is 1. The van der Waals surface area contributed by atoms with Gasteiger partial charge in [0, 0.05) is 35.8 Å². The van der Waals surface area contributed by atoms with E-state index in [1.807, 2.05) is 18.2 Å². The predicted octanol–water partition coefficient (Wildman–Crippen LogP) is 2.69. The van der Waals surface area contributed by atoms with E-state index in [0.29, 0.717) is 23.7 Å². The smallest absolute Gasteiger partial charge is 0.251 e. The number of H-pyrrole nitrogens is 1. The van der Waals surface area contributed by atoms with Gasteiger partial charge in [0.2, 0.25) is 5.91 Å². The largest absolute Gasteiger partial charge is 0.334 e. The van der Waals surface area contributed by atoms with Crippen LogP contribution in [0.2, 0.25) is 5.02 Å². The first-order chi connectivity index (χ1) is 10.6. The summed E-state index contributed by atoms with van der Waals surface area (Å²) in [5.74, 6) is -0.321. The lowest BCUT2D eigenvalue weighted by molar-refractivity contribution is -0.127. The maximum Gasteiger partial charge on any atom is 0.251 e. The number of nitrogens with one attached hydrogen (secondary N) is 1. The van der Waals surface area contributed by atoms with Gasteiger partial charge in [0.15, 0.2) is 0 Å². The number of hydrogen-bond donors (Lipinski definition) is 1. The van der Waals surface area contributed by atoms with Gasteiger partial charge >= 0.3 is 0 Å². The molecular formula is C17H15ClN2O2. The van der Waals surface area contributed by atoms with Crippen molar-refractivity contribution in [3.63, 3.8) is 0 Å². The van der Waals surface area contributed by atoms with E-state index in [1.165, 1.54) is 6.08 Å². The lowest BCUT2D eigenvalue weighted by Crippen LogP contribution is -2.39. The van der Waals surface area contributed by atoms with Crippen LogP contribution in [0.25, 0.3) is 0 Å². The molecule has 5 heteroatoms. The van der Waals surface area contributed by atoms with Gasteiger partial charge in [0.05, 0.1) is 0 Å². The summed E-state index contributed by atoms with van der Waals surface area (Å²) in [5.41, 5.74) is 2.50. The molecule has 1 aromatic heterocycles. The normalized spacial score (nSPS) is 17.0. The highest BCUT2D eigenvalue weighted by atomic mass is 35.5. The summed E-state index contributed by atoms with van der Waals surface area (Å²) < 4.78 is 0. The molecule has 0 unspecified atom stereocenters. The molecule has 1 aliphatic heterocycles. The molecule has 0 saturated heterocycles. The highest BCUT2D eigenvalue weighted by Crippen LogP contribution is 2.33. The Bertz CT molecular complexity index is 797. The molecule has 1 aromatic carbocycles. The lowest BCUT2D eigenvalue weighted by atomic mass is 9.85. The van der Waals surface area contributed by atoms with Gasteiger partial charge in [-0.05, 0) is 35.4 Å². The molecular weight excluding hydrogens is 300 g/mol. The average Bonchev–Trinajstić information content (AvgIpc) is 2.53. The Balaban J connectivity index is 2.13. The molecule has 112 valence electrons. The van der Waals surface area contributed by atoms with E-state index in [9.17, 15) is 9.59 Å². The molecule has 1 N–H and O–H groups in total. The van der Waals surface area contributed by atoms with Crippen molar-refractivity contribution in [1.29, 1.82) is 0 Å². The van der Waals surface area contributed by atoms with Crippen LogP contribution in [0.4, 0.5) is 0 Å². The Morgan fingerprint density at radius 3 is 2.91 bits per heavy atom. The molecule has 0 fully saturated rings. The van der Waals surface area contributed by atoms with Crippen LogP contribution in [-0.4, -0.2) is 22.3 Å². The van der Waals surface area contributed by atoms with Gasteiger partial charge in [-0.15, -0.1) is 0 Å². The molecule has 4 nitrogen and oxygen atoms in total. The standard InChI is InChI=1S/C17H15ClN2O2/c1-2-16(21)20-9-11-8-12(18)5-6-13(11)15(10-20)14-4-3-7-19-17(14)22/h2-8,15H,1,9-10H2,(H,19,22)/t15-/m1/s1. The van der Waals surface area contributed by atoms with E-state index >= 15 is 0 Å². The van der Waals surface area contributed by atoms with Crippen LogP contribution in [0.15, 0.2) is 54.0 Å². The van der Waals surface area contributed by atoms with E-state index in [4.69, 9.17) is 11.6 Å². The zero-order valence-corrected chi connectivity index (χ0v) is 12.6. The van der Waals surface area contributed by atoms with E-state index in [2.05, 4.69) is 11.6 Å². The highest BCUT2D eigenvalue weighted by Gasteiger charge is 2.29. The number of pyridine rings is 1. The minimum Gasteiger partial charge on any atom is -0.334 e. The monoisotopic (exact) mass is 314 g/mol. The number of halogens is 1. The number of hydrogen-bond acceptors (Lipinski definition) is 2. The van der Waals surface area contributed by atoms with Gasteiger partial charge in [-0.1, -0.05) is 30.3 Å². The zero-order chi connectivity index (χ0) is 15.7. The van der Waals surface area contributed by atoms with Crippen molar-refractivity contribution in [1.82, 2.24) is 9.88 Å². The van der Waals surface area contributed by atoms with Gasteiger partial charge in [0.25, 0.3) is 5.56 Å². The van der Waals surface area contributed by atoms with Crippen LogP contribution in [0.5, 0.6) is 0 Å². The third-order valence-corrected chi connectivity index (χ3v) is 4.19. The van der Waals surface area contributed by atoms with E-state index < -0.39 is 0 Å². The first-order valence-corrected chi connectivity index (χ1v) is 7.35. The summed E-state index contributed by atoms with van der Waals surface area (Å²) in [6.07, 6.45) is 2.89. The number of aromatic nitrogens is 1. The van der Waals surface area contributed by atoms with Crippen LogP contribution in [0.1, 0.15) is 22.6 Å². The molecule has 1 atom stereocenters. The molecule has 3 rings (SSSR count). The van der Waals surface area contributed by atoms with Crippen LogP contribution >= 0.6 is 11.6 Å². The first kappa shape index (κ1) is 14.6. The van der Waals surface area contributed by atoms with Crippen molar-refractivity contribution in [3.8, 4) is 0 Å². The van der Waals surface area contributed by atoms with Gasteiger partial charge in [-0.2, -0.15) is 0 Å². The highest BCUT2D eigenvalue weighted by molar-refractivity contribution is 6.30. The van der Waals surface area contributed by atoms with Crippen molar-refractivity contribution >= 4 is 17.5 Å². The molecule has 1 aliphatic rings. The Morgan fingerprint density at radius 1 is 1.36 bits per heavy atom. The molecule has 2 aromatic rings. The molecule has 0 bridgehead atoms. The van der Waals surface area contributed by atoms with Crippen molar-refractivity contribution in [2.45, 2.75) is 12.5 Å². The molecule has 0 aliphatic carbocycles. The number of nitrogens with zero attached hydrogens (tertiary/aromatic N) is 1. The second kappa shape index (κ2) is 5.81. The van der Waals surface area contributed by atoms with E-state index in [1.54, 1.807) is 23.2 Å². The Labute approximate surface area is 133 Å². The Kier molecular flexibility index (Phi) is 3.86. The molecule has 0 saturated carbocycles. The summed E-state index contributed by atoms with van der Waals surface area (Å²) >= 11 is 6.07. The van der Waals surface area contributed by atoms with Gasteiger partial charge < -0.3 is 9.88 Å². The van der Waals surface area contributed by atoms with Crippen molar-refractivity contribution in [2.75, 3.05) is 6.54 Å². The third-order valence-electron chi connectivity index (χ3n) is 3.95. The van der Waals surface area contributed by atoms with E-state index in [0.717, 1.165) is 11.1 Å². The van der Waals surface area contributed by atoms with Crippen molar-refractivity contribution < 1.29 is 4.79 Å². The quantitative estimate of drug-likeness (QED) is 0.867. The maximum absolute atomic E-state index is 12.1. The second-order valence-corrected chi connectivity index (χ2v) is 5.71. The molecule has 0 radical (unpaired) electrons. The number of fused-ring (bicyclic) bond motifs is 1. The summed E-state index contributed by atoms with van der Waals surface area (Å²) in [5, 5.41) is 0.618. The lowest BCUT2D eigenvalue weighted by Gasteiger charge is -2.34. The minimum atomic E-state index is -0.171. The average molecular weight is 315 g/mol. The summed E-state index contributed by atoms with van der Waals surface area (Å²) in [6, 6.07) is 9.19. The number of aromatic amines is 1. The van der Waals surface area contributed by atoms with Crippen LogP contribution < -0.4 is 5.56 Å². The molecule has 2 heterocycles. The Hall–Kier alpha value is -2.33. The maximum atomic E-state index is 12.1. The fourth-order valence-corrected chi connectivity index (χ4v) is 3.11. The number of carbonyl (C=O) groups excluding carboxylic acids is 1. The van der Waals surface area contributed by atoms with Gasteiger partial charge in [-0.25, -0.2) is 0 Å². The number of amides is 1. The second-order valence-electron chi connectivity index (χ2n) is 5.27. The molecule has 0 spiro atoms. The molecule has 22 heavy (non-hydrogen) atoms. The van der Waals surface area contributed by atoms with E-state index in [-0.39, 0.29) is 17.4 Å². The van der Waals surface area contributed by atoms with Crippen LogP contribution in [0.3, 0.4) is 0 Å². The van der Waals surface area contributed by atoms with Crippen LogP contribution in [-0.2, 0) is 11.3 Å². The Morgan fingerprint density at radius 2 is 2.18 bits per heavy atom. The topological polar surface area (TPSA) is 53.2 Å². The number of benzene rings is 1. The first-order valence-electron chi connectivity index (χ1n) is 6.97. The third kappa shape index (κ3) is 2.57. The van der Waals surface area contributed by atoms with Gasteiger partial charge in [0.1, 0.15) is 0 Å². The van der Waals surface area contributed by atoms with Crippen molar-refractivity contribution in [2.24, 2.45) is 0 Å².